The van der Waals surface area contributed by atoms with Gasteiger partial charge in [0.1, 0.15) is 0 Å². The second kappa shape index (κ2) is 5.93. The van der Waals surface area contributed by atoms with Crippen molar-refractivity contribution >= 4 is 21.6 Å². The minimum Gasteiger partial charge on any atom is -0.215 e. The molecule has 14 heavy (non-hydrogen) atoms. The Kier molecular flexibility index (Phi) is 5.20. The maximum Gasteiger partial charge on any atom is 0.211 e. The Balaban J connectivity index is 2.02. The maximum atomic E-state index is 11.3. The number of halogens is 1. The molecule has 3 nitrogen and oxygen atoms in total. The fourth-order valence-electron chi connectivity index (χ4n) is 1.34. The van der Waals surface area contributed by atoms with E-state index < -0.39 is 10.0 Å². The zero-order valence-electron chi connectivity index (χ0n) is 8.34. The van der Waals surface area contributed by atoms with E-state index in [2.05, 4.69) is 4.72 Å². The monoisotopic (exact) mass is 239 g/mol. The van der Waals surface area contributed by atoms with Crippen LogP contribution in [0.1, 0.15) is 32.1 Å². The molecule has 0 unspecified atom stereocenters. The van der Waals surface area contributed by atoms with Crippen molar-refractivity contribution in [3.05, 3.63) is 0 Å². The first-order valence-electron chi connectivity index (χ1n) is 5.17. The predicted octanol–water partition coefficient (Wildman–Crippen LogP) is 1.72. The topological polar surface area (TPSA) is 46.2 Å². The standard InChI is InChI=1S/C9H18ClNO2S/c10-6-2-8-14(12,13)11-7-1-3-9-4-5-9/h9,11H,1-8H2. The Hall–Kier alpha value is 0.200. The minimum atomic E-state index is -3.06. The van der Waals surface area contributed by atoms with Crippen LogP contribution in [-0.4, -0.2) is 26.6 Å². The molecular weight excluding hydrogens is 222 g/mol. The Labute approximate surface area is 91.3 Å². The fraction of sp³-hybridized carbons (Fsp3) is 1.00. The average molecular weight is 240 g/mol. The second-order valence-corrected chi connectivity index (χ2v) is 6.15. The first-order chi connectivity index (χ1) is 6.64. The van der Waals surface area contributed by atoms with Crippen molar-refractivity contribution in [3.63, 3.8) is 0 Å². The molecular formula is C9H18ClNO2S. The van der Waals surface area contributed by atoms with Gasteiger partial charge in [0, 0.05) is 12.4 Å². The molecule has 0 bridgehead atoms. The summed E-state index contributed by atoms with van der Waals surface area (Å²) >= 11 is 5.43. The lowest BCUT2D eigenvalue weighted by Gasteiger charge is -2.04. The highest BCUT2D eigenvalue weighted by Crippen LogP contribution is 2.33. The Morgan fingerprint density at radius 3 is 2.57 bits per heavy atom. The smallest absolute Gasteiger partial charge is 0.211 e. The lowest BCUT2D eigenvalue weighted by Crippen LogP contribution is -2.27. The Morgan fingerprint density at radius 1 is 1.29 bits per heavy atom. The number of nitrogens with one attached hydrogen (secondary N) is 1. The van der Waals surface area contributed by atoms with Crippen LogP contribution in [0.4, 0.5) is 0 Å². The van der Waals surface area contributed by atoms with Crippen LogP contribution in [0.3, 0.4) is 0 Å². The summed E-state index contributed by atoms with van der Waals surface area (Å²) in [6.45, 7) is 0.584. The van der Waals surface area contributed by atoms with E-state index in [0.29, 0.717) is 18.8 Å². The quantitative estimate of drug-likeness (QED) is 0.518. The summed E-state index contributed by atoms with van der Waals surface area (Å²) in [5.41, 5.74) is 0. The third-order valence-electron chi connectivity index (χ3n) is 2.35. The molecule has 1 aliphatic rings. The van der Waals surface area contributed by atoms with E-state index in [1.807, 2.05) is 0 Å². The van der Waals surface area contributed by atoms with Crippen LogP contribution in [0.5, 0.6) is 0 Å². The van der Waals surface area contributed by atoms with Gasteiger partial charge in [0.25, 0.3) is 0 Å². The Morgan fingerprint density at radius 2 is 2.00 bits per heavy atom. The van der Waals surface area contributed by atoms with E-state index in [1.165, 1.54) is 12.8 Å². The molecule has 1 rings (SSSR count). The molecule has 0 radical (unpaired) electrons. The molecule has 0 heterocycles. The molecule has 1 fully saturated rings. The van der Waals surface area contributed by atoms with Gasteiger partial charge in [-0.15, -0.1) is 11.6 Å². The lowest BCUT2D eigenvalue weighted by molar-refractivity contribution is 0.571. The summed E-state index contributed by atoms with van der Waals surface area (Å²) in [5, 5.41) is 0. The van der Waals surface area contributed by atoms with E-state index in [9.17, 15) is 8.42 Å². The van der Waals surface area contributed by atoms with Crippen LogP contribution in [0.2, 0.25) is 0 Å². The van der Waals surface area contributed by atoms with Crippen molar-refractivity contribution in [2.75, 3.05) is 18.2 Å². The van der Waals surface area contributed by atoms with Gasteiger partial charge < -0.3 is 0 Å². The largest absolute Gasteiger partial charge is 0.215 e. The van der Waals surface area contributed by atoms with Crippen molar-refractivity contribution in [2.24, 2.45) is 5.92 Å². The predicted molar refractivity (Wildman–Crippen MR) is 59.1 cm³/mol. The van der Waals surface area contributed by atoms with E-state index in [1.54, 1.807) is 0 Å². The molecule has 0 atom stereocenters. The summed E-state index contributed by atoms with van der Waals surface area (Å²) in [7, 11) is -3.06. The van der Waals surface area contributed by atoms with E-state index in [0.717, 1.165) is 18.8 Å². The molecule has 0 saturated heterocycles. The fourth-order valence-corrected chi connectivity index (χ4v) is 2.76. The lowest BCUT2D eigenvalue weighted by atomic mass is 10.2. The molecule has 1 saturated carbocycles. The van der Waals surface area contributed by atoms with Gasteiger partial charge in [-0.1, -0.05) is 12.8 Å². The number of sulfonamides is 1. The summed E-state index contributed by atoms with van der Waals surface area (Å²) in [5.74, 6) is 1.44. The van der Waals surface area contributed by atoms with Crippen LogP contribution in [0, 0.1) is 5.92 Å². The first-order valence-corrected chi connectivity index (χ1v) is 7.36. The third kappa shape index (κ3) is 5.83. The van der Waals surface area contributed by atoms with Gasteiger partial charge in [-0.05, 0) is 25.2 Å². The number of hydrogen-bond acceptors (Lipinski definition) is 2. The first kappa shape index (κ1) is 12.3. The van der Waals surface area contributed by atoms with Crippen LogP contribution >= 0.6 is 11.6 Å². The number of rotatable bonds is 8. The SMILES string of the molecule is O=S(=O)(CCCCl)NCCCC1CC1. The zero-order valence-corrected chi connectivity index (χ0v) is 9.91. The van der Waals surface area contributed by atoms with Crippen LogP contribution in [0.15, 0.2) is 0 Å². The van der Waals surface area contributed by atoms with Crippen molar-refractivity contribution in [2.45, 2.75) is 32.1 Å². The molecule has 1 N–H and O–H groups in total. The molecule has 0 aromatic carbocycles. The van der Waals surface area contributed by atoms with Gasteiger partial charge in [0.15, 0.2) is 0 Å². The van der Waals surface area contributed by atoms with Crippen molar-refractivity contribution in [3.8, 4) is 0 Å². The molecule has 0 spiro atoms. The van der Waals surface area contributed by atoms with Crippen LogP contribution in [-0.2, 0) is 10.0 Å². The second-order valence-electron chi connectivity index (χ2n) is 3.84. The molecule has 0 aliphatic heterocycles. The highest BCUT2D eigenvalue weighted by atomic mass is 35.5. The van der Waals surface area contributed by atoms with Crippen molar-refractivity contribution in [1.82, 2.24) is 4.72 Å². The molecule has 5 heteroatoms. The zero-order chi connectivity index (χ0) is 10.4. The maximum absolute atomic E-state index is 11.3. The van der Waals surface area contributed by atoms with Gasteiger partial charge in [0.2, 0.25) is 10.0 Å². The summed E-state index contributed by atoms with van der Waals surface area (Å²) in [4.78, 5) is 0. The third-order valence-corrected chi connectivity index (χ3v) is 4.09. The number of hydrogen-bond donors (Lipinski definition) is 1. The van der Waals surface area contributed by atoms with Crippen molar-refractivity contribution < 1.29 is 8.42 Å². The normalized spacial score (nSPS) is 17.2. The highest BCUT2D eigenvalue weighted by molar-refractivity contribution is 7.89. The van der Waals surface area contributed by atoms with Crippen LogP contribution < -0.4 is 4.72 Å². The van der Waals surface area contributed by atoms with E-state index >= 15 is 0 Å². The summed E-state index contributed by atoms with van der Waals surface area (Å²) in [6.07, 6.45) is 5.32. The molecule has 1 aliphatic carbocycles. The van der Waals surface area contributed by atoms with E-state index in [-0.39, 0.29) is 5.75 Å². The van der Waals surface area contributed by atoms with Gasteiger partial charge in [-0.2, -0.15) is 0 Å². The van der Waals surface area contributed by atoms with Crippen molar-refractivity contribution in [1.29, 1.82) is 0 Å². The molecule has 0 aromatic heterocycles. The highest BCUT2D eigenvalue weighted by Gasteiger charge is 2.20. The average Bonchev–Trinajstić information content (AvgIpc) is 2.93. The van der Waals surface area contributed by atoms with Crippen LogP contribution in [0.25, 0.3) is 0 Å². The van der Waals surface area contributed by atoms with Gasteiger partial charge in [0.05, 0.1) is 5.75 Å². The number of alkyl halides is 1. The molecule has 0 amide bonds. The van der Waals surface area contributed by atoms with Gasteiger partial charge in [-0.3, -0.25) is 0 Å². The van der Waals surface area contributed by atoms with Gasteiger partial charge >= 0.3 is 0 Å². The van der Waals surface area contributed by atoms with Gasteiger partial charge in [-0.25, -0.2) is 13.1 Å². The van der Waals surface area contributed by atoms with E-state index in [4.69, 9.17) is 11.6 Å². The molecule has 84 valence electrons. The Bertz CT molecular complexity index is 250. The summed E-state index contributed by atoms with van der Waals surface area (Å²) < 4.78 is 25.2. The molecule has 0 aromatic rings. The summed E-state index contributed by atoms with van der Waals surface area (Å²) in [6, 6.07) is 0. The minimum absolute atomic E-state index is 0.153.